The second-order valence-corrected chi connectivity index (χ2v) is 9.08. The molecule has 2 aromatic carbocycles. The monoisotopic (exact) mass is 437 g/mol. The highest BCUT2D eigenvalue weighted by atomic mass is 32.2. The number of ether oxygens (including phenoxy) is 1. The Bertz CT molecular complexity index is 1160. The maximum Gasteiger partial charge on any atom is 0.266 e. The highest BCUT2D eigenvalue weighted by molar-refractivity contribution is 7.99. The number of morpholine rings is 1. The normalized spacial score (nSPS) is 19.0. The number of carbonyl (C=O) groups excluding carboxylic acids is 1. The molecule has 1 aliphatic rings. The van der Waals surface area contributed by atoms with E-state index in [1.54, 1.807) is 10.6 Å². The molecule has 1 fully saturated rings. The lowest BCUT2D eigenvalue weighted by Crippen LogP contribution is -2.48. The second kappa shape index (κ2) is 8.85. The van der Waals surface area contributed by atoms with E-state index >= 15 is 0 Å². The number of aryl methyl sites for hydroxylation is 2. The van der Waals surface area contributed by atoms with Crippen LogP contribution in [0.4, 0.5) is 0 Å². The first-order chi connectivity index (χ1) is 14.8. The lowest BCUT2D eigenvalue weighted by molar-refractivity contribution is -0.140. The molecule has 0 spiro atoms. The van der Waals surface area contributed by atoms with Crippen LogP contribution < -0.4 is 5.56 Å². The Hall–Kier alpha value is -2.64. The Kier molecular flexibility index (Phi) is 6.16. The van der Waals surface area contributed by atoms with E-state index < -0.39 is 0 Å². The van der Waals surface area contributed by atoms with E-state index in [2.05, 4.69) is 0 Å². The fourth-order valence-corrected chi connectivity index (χ4v) is 5.07. The van der Waals surface area contributed by atoms with Crippen molar-refractivity contribution in [3.8, 4) is 5.69 Å². The van der Waals surface area contributed by atoms with E-state index in [0.29, 0.717) is 29.1 Å². The van der Waals surface area contributed by atoms with Crippen LogP contribution in [0.15, 0.2) is 52.4 Å². The number of nitrogens with zero attached hydrogens (tertiary/aromatic N) is 3. The van der Waals surface area contributed by atoms with Gasteiger partial charge in [0.25, 0.3) is 5.56 Å². The third-order valence-electron chi connectivity index (χ3n) is 5.51. The third-order valence-corrected chi connectivity index (χ3v) is 6.43. The van der Waals surface area contributed by atoms with Crippen LogP contribution in [0.3, 0.4) is 0 Å². The van der Waals surface area contributed by atoms with Crippen LogP contribution in [0.5, 0.6) is 0 Å². The number of hydrogen-bond donors (Lipinski definition) is 0. The summed E-state index contributed by atoms with van der Waals surface area (Å²) in [6, 6.07) is 13.3. The van der Waals surface area contributed by atoms with Crippen molar-refractivity contribution in [2.45, 2.75) is 45.1 Å². The van der Waals surface area contributed by atoms with Crippen LogP contribution in [0.25, 0.3) is 16.6 Å². The van der Waals surface area contributed by atoms with Crippen molar-refractivity contribution in [3.63, 3.8) is 0 Å². The molecule has 0 aliphatic carbocycles. The summed E-state index contributed by atoms with van der Waals surface area (Å²) < 4.78 is 7.40. The second-order valence-electron chi connectivity index (χ2n) is 8.14. The van der Waals surface area contributed by atoms with Gasteiger partial charge in [0.15, 0.2) is 5.16 Å². The first-order valence-electron chi connectivity index (χ1n) is 10.5. The van der Waals surface area contributed by atoms with E-state index in [1.807, 2.05) is 69.0 Å². The van der Waals surface area contributed by atoms with E-state index in [-0.39, 0.29) is 29.4 Å². The van der Waals surface area contributed by atoms with Crippen LogP contribution in [0, 0.1) is 13.8 Å². The largest absolute Gasteiger partial charge is 0.372 e. The van der Waals surface area contributed by atoms with Gasteiger partial charge < -0.3 is 9.64 Å². The highest BCUT2D eigenvalue weighted by Gasteiger charge is 2.26. The Labute approximate surface area is 186 Å². The fraction of sp³-hybridized carbons (Fsp3) is 0.375. The minimum Gasteiger partial charge on any atom is -0.372 e. The third kappa shape index (κ3) is 4.38. The summed E-state index contributed by atoms with van der Waals surface area (Å²) in [7, 11) is 0. The van der Waals surface area contributed by atoms with Crippen molar-refractivity contribution in [2.24, 2.45) is 0 Å². The molecule has 2 atom stereocenters. The number of aromatic nitrogens is 2. The van der Waals surface area contributed by atoms with E-state index in [1.165, 1.54) is 11.8 Å². The van der Waals surface area contributed by atoms with Crippen LogP contribution in [0.2, 0.25) is 0 Å². The Balaban J connectivity index is 1.73. The van der Waals surface area contributed by atoms with E-state index in [4.69, 9.17) is 9.72 Å². The summed E-state index contributed by atoms with van der Waals surface area (Å²) in [6.07, 6.45) is 0.0357. The SMILES string of the molecule is Cc1cccc(C)c1-n1c(SCC(=O)N2CC(C)OC(C)C2)nc2ccccc2c1=O. The number of amides is 1. The number of fused-ring (bicyclic) bond motifs is 1. The molecule has 1 saturated heterocycles. The summed E-state index contributed by atoms with van der Waals surface area (Å²) in [4.78, 5) is 33.0. The quantitative estimate of drug-likeness (QED) is 0.460. The van der Waals surface area contributed by atoms with E-state index in [9.17, 15) is 9.59 Å². The number of benzene rings is 2. The summed E-state index contributed by atoms with van der Waals surface area (Å²) >= 11 is 1.31. The average Bonchev–Trinajstić information content (AvgIpc) is 2.73. The Morgan fingerprint density at radius 2 is 1.71 bits per heavy atom. The van der Waals surface area contributed by atoms with Gasteiger partial charge in [-0.25, -0.2) is 4.98 Å². The molecule has 0 N–H and O–H groups in total. The lowest BCUT2D eigenvalue weighted by Gasteiger charge is -2.35. The number of thioether (sulfide) groups is 1. The Morgan fingerprint density at radius 1 is 1.06 bits per heavy atom. The first kappa shape index (κ1) is 21.6. The Morgan fingerprint density at radius 3 is 2.39 bits per heavy atom. The number of para-hydroxylation sites is 2. The minimum atomic E-state index is -0.119. The molecule has 2 unspecified atom stereocenters. The van der Waals surface area contributed by atoms with Crippen LogP contribution in [-0.2, 0) is 9.53 Å². The van der Waals surface area contributed by atoms with Crippen molar-refractivity contribution >= 4 is 28.6 Å². The summed E-state index contributed by atoms with van der Waals surface area (Å²) in [5.41, 5.74) is 3.32. The van der Waals surface area contributed by atoms with Gasteiger partial charge in [0.1, 0.15) is 0 Å². The molecule has 162 valence electrons. The molecule has 1 aliphatic heterocycles. The van der Waals surface area contributed by atoms with E-state index in [0.717, 1.165) is 16.8 Å². The van der Waals surface area contributed by atoms with Gasteiger partial charge in [-0.15, -0.1) is 0 Å². The predicted molar refractivity (Wildman–Crippen MR) is 124 cm³/mol. The smallest absolute Gasteiger partial charge is 0.266 e. The maximum atomic E-state index is 13.5. The molecule has 6 nitrogen and oxygen atoms in total. The van der Waals surface area contributed by atoms with Gasteiger partial charge in [-0.2, -0.15) is 0 Å². The molecule has 2 heterocycles. The molecule has 1 amide bonds. The van der Waals surface area contributed by atoms with Gasteiger partial charge in [-0.1, -0.05) is 42.1 Å². The molecule has 7 heteroatoms. The number of hydrogen-bond acceptors (Lipinski definition) is 5. The fourth-order valence-electron chi connectivity index (χ4n) is 4.16. The predicted octanol–water partition coefficient (Wildman–Crippen LogP) is 3.73. The molecule has 0 saturated carbocycles. The van der Waals surface area contributed by atoms with Crippen LogP contribution >= 0.6 is 11.8 Å². The van der Waals surface area contributed by atoms with Gasteiger partial charge in [0.2, 0.25) is 5.91 Å². The van der Waals surface area contributed by atoms with Crippen molar-refractivity contribution in [1.29, 1.82) is 0 Å². The number of rotatable bonds is 4. The molecule has 3 aromatic rings. The van der Waals surface area contributed by atoms with Crippen LogP contribution in [0.1, 0.15) is 25.0 Å². The first-order valence-corrected chi connectivity index (χ1v) is 11.5. The van der Waals surface area contributed by atoms with Gasteiger partial charge >= 0.3 is 0 Å². The van der Waals surface area contributed by atoms with Gasteiger partial charge in [-0.05, 0) is 51.0 Å². The van der Waals surface area contributed by atoms with Gasteiger partial charge in [0.05, 0.1) is 34.6 Å². The molecule has 0 bridgehead atoms. The van der Waals surface area contributed by atoms with Crippen molar-refractivity contribution < 1.29 is 9.53 Å². The summed E-state index contributed by atoms with van der Waals surface area (Å²) in [5, 5.41) is 1.10. The molecule has 1 aromatic heterocycles. The topological polar surface area (TPSA) is 64.4 Å². The standard InChI is InChI=1S/C24H27N3O3S/c1-15-8-7-9-16(2)22(15)27-23(29)19-10-5-6-11-20(19)25-24(27)31-14-21(28)26-12-17(3)30-18(4)13-26/h5-11,17-18H,12-14H2,1-4H3. The van der Waals surface area contributed by atoms with Crippen molar-refractivity contribution in [2.75, 3.05) is 18.8 Å². The molecular formula is C24H27N3O3S. The molecular weight excluding hydrogens is 410 g/mol. The zero-order chi connectivity index (χ0) is 22.1. The lowest BCUT2D eigenvalue weighted by atomic mass is 10.1. The van der Waals surface area contributed by atoms with Gasteiger partial charge in [0, 0.05) is 13.1 Å². The van der Waals surface area contributed by atoms with Crippen molar-refractivity contribution in [3.05, 3.63) is 63.9 Å². The molecule has 0 radical (unpaired) electrons. The number of carbonyl (C=O) groups is 1. The zero-order valence-corrected chi connectivity index (χ0v) is 19.1. The van der Waals surface area contributed by atoms with Crippen LogP contribution in [-0.4, -0.2) is 51.4 Å². The summed E-state index contributed by atoms with van der Waals surface area (Å²) in [6.45, 7) is 9.09. The van der Waals surface area contributed by atoms with Gasteiger partial charge in [-0.3, -0.25) is 14.2 Å². The average molecular weight is 438 g/mol. The zero-order valence-electron chi connectivity index (χ0n) is 18.3. The highest BCUT2D eigenvalue weighted by Crippen LogP contribution is 2.26. The maximum absolute atomic E-state index is 13.5. The molecule has 31 heavy (non-hydrogen) atoms. The molecule has 4 rings (SSSR count). The summed E-state index contributed by atoms with van der Waals surface area (Å²) in [5.74, 6) is 0.247. The van der Waals surface area contributed by atoms with Crippen molar-refractivity contribution in [1.82, 2.24) is 14.5 Å². The minimum absolute atomic E-state index is 0.0179.